The molecule has 0 radical (unpaired) electrons. The number of aromatic nitrogens is 2. The summed E-state index contributed by atoms with van der Waals surface area (Å²) in [5.41, 5.74) is -0.460. The highest BCUT2D eigenvalue weighted by Crippen LogP contribution is 2.29. The average Bonchev–Trinajstić information content (AvgIpc) is 3.30. The topological polar surface area (TPSA) is 96.3 Å². The molecule has 2 N–H and O–H groups in total. The van der Waals surface area contributed by atoms with Crippen LogP contribution in [0.3, 0.4) is 0 Å². The van der Waals surface area contributed by atoms with E-state index in [1.807, 2.05) is 20.8 Å². The van der Waals surface area contributed by atoms with Gasteiger partial charge in [-0.15, -0.1) is 0 Å². The second-order valence-corrected chi connectivity index (χ2v) is 8.74. The predicted molar refractivity (Wildman–Crippen MR) is 110 cm³/mol. The Morgan fingerprint density at radius 2 is 2.00 bits per heavy atom. The molecule has 1 saturated carbocycles. The smallest absolute Gasteiger partial charge is 0.273 e. The highest BCUT2D eigenvalue weighted by Gasteiger charge is 2.48. The van der Waals surface area contributed by atoms with E-state index in [2.05, 4.69) is 22.7 Å². The van der Waals surface area contributed by atoms with Crippen molar-refractivity contribution in [1.29, 1.82) is 0 Å². The highest BCUT2D eigenvalue weighted by molar-refractivity contribution is 6.02. The number of amides is 3. The van der Waals surface area contributed by atoms with Gasteiger partial charge in [-0.2, -0.15) is 5.10 Å². The number of hydrogen-bond acceptors (Lipinski definition) is 4. The Hall–Kier alpha value is -2.38. The molecule has 1 aliphatic carbocycles. The van der Waals surface area contributed by atoms with Crippen molar-refractivity contribution in [2.24, 2.45) is 0 Å². The van der Waals surface area contributed by atoms with E-state index in [9.17, 15) is 14.4 Å². The molecule has 0 spiro atoms. The van der Waals surface area contributed by atoms with Crippen LogP contribution in [0.15, 0.2) is 6.07 Å². The Morgan fingerprint density at radius 1 is 1.31 bits per heavy atom. The molecular weight excluding hydrogens is 370 g/mol. The number of carbonyl (C=O) groups is 3. The van der Waals surface area contributed by atoms with Crippen molar-refractivity contribution >= 4 is 17.7 Å². The van der Waals surface area contributed by atoms with Gasteiger partial charge < -0.3 is 15.5 Å². The fourth-order valence-electron chi connectivity index (χ4n) is 4.17. The van der Waals surface area contributed by atoms with Crippen molar-refractivity contribution in [2.45, 2.75) is 90.4 Å². The van der Waals surface area contributed by atoms with Crippen LogP contribution < -0.4 is 10.6 Å². The third-order valence-corrected chi connectivity index (χ3v) is 5.86. The lowest BCUT2D eigenvalue weighted by atomic mass is 9.94. The average molecular weight is 404 g/mol. The van der Waals surface area contributed by atoms with Crippen molar-refractivity contribution in [3.63, 3.8) is 0 Å². The van der Waals surface area contributed by atoms with Gasteiger partial charge in [0.25, 0.3) is 11.8 Å². The number of nitrogens with one attached hydrogen (secondary N) is 2. The van der Waals surface area contributed by atoms with E-state index in [0.29, 0.717) is 12.2 Å². The molecule has 1 aromatic heterocycles. The third kappa shape index (κ3) is 4.31. The maximum Gasteiger partial charge on any atom is 0.273 e. The van der Waals surface area contributed by atoms with E-state index in [1.165, 1.54) is 10.7 Å². The van der Waals surface area contributed by atoms with E-state index in [4.69, 9.17) is 0 Å². The molecule has 3 amide bonds. The molecule has 1 fully saturated rings. The van der Waals surface area contributed by atoms with Crippen LogP contribution in [0.4, 0.5) is 0 Å². The molecule has 8 heteroatoms. The van der Waals surface area contributed by atoms with Gasteiger partial charge in [-0.1, -0.05) is 26.2 Å². The van der Waals surface area contributed by atoms with Crippen molar-refractivity contribution in [3.05, 3.63) is 17.5 Å². The molecule has 29 heavy (non-hydrogen) atoms. The van der Waals surface area contributed by atoms with E-state index >= 15 is 0 Å². The summed E-state index contributed by atoms with van der Waals surface area (Å²) in [6, 6.07) is 1.68. The van der Waals surface area contributed by atoms with E-state index in [-0.39, 0.29) is 42.0 Å². The molecular formula is C21H33N5O3. The largest absolute Gasteiger partial charge is 0.351 e. The summed E-state index contributed by atoms with van der Waals surface area (Å²) in [4.78, 5) is 40.6. The molecule has 1 aliphatic heterocycles. The van der Waals surface area contributed by atoms with Crippen LogP contribution in [-0.2, 0) is 11.3 Å². The second kappa shape index (κ2) is 8.55. The van der Waals surface area contributed by atoms with Crippen LogP contribution in [0.1, 0.15) is 87.2 Å². The molecule has 1 aromatic rings. The molecule has 0 aromatic carbocycles. The highest BCUT2D eigenvalue weighted by atomic mass is 16.2. The lowest BCUT2D eigenvalue weighted by molar-refractivity contribution is -0.133. The summed E-state index contributed by atoms with van der Waals surface area (Å²) >= 11 is 0. The van der Waals surface area contributed by atoms with Crippen molar-refractivity contribution in [3.8, 4) is 0 Å². The number of nitrogens with zero attached hydrogens (tertiary/aromatic N) is 3. The minimum Gasteiger partial charge on any atom is -0.351 e. The van der Waals surface area contributed by atoms with Crippen LogP contribution >= 0.6 is 0 Å². The first-order valence-corrected chi connectivity index (χ1v) is 10.8. The second-order valence-electron chi connectivity index (χ2n) is 8.74. The van der Waals surface area contributed by atoms with E-state index < -0.39 is 5.54 Å². The predicted octanol–water partition coefficient (Wildman–Crippen LogP) is 2.09. The van der Waals surface area contributed by atoms with Crippen LogP contribution in [0.2, 0.25) is 0 Å². The van der Waals surface area contributed by atoms with Crippen molar-refractivity contribution < 1.29 is 14.4 Å². The van der Waals surface area contributed by atoms with Gasteiger partial charge in [0, 0.05) is 24.7 Å². The minimum atomic E-state index is -1.03. The zero-order chi connectivity index (χ0) is 21.2. The van der Waals surface area contributed by atoms with E-state index in [0.717, 1.165) is 38.5 Å². The van der Waals surface area contributed by atoms with Crippen LogP contribution in [-0.4, -0.2) is 56.6 Å². The number of unbranched alkanes of at least 4 members (excludes halogenated alkanes) is 1. The molecule has 8 nitrogen and oxygen atoms in total. The number of carbonyl (C=O) groups excluding carboxylic acids is 3. The van der Waals surface area contributed by atoms with Crippen LogP contribution in [0.5, 0.6) is 0 Å². The van der Waals surface area contributed by atoms with Gasteiger partial charge in [0.1, 0.15) is 11.2 Å². The molecule has 2 heterocycles. The molecule has 1 unspecified atom stereocenters. The Balaban J connectivity index is 1.90. The summed E-state index contributed by atoms with van der Waals surface area (Å²) in [6.07, 6.45) is 5.95. The third-order valence-electron chi connectivity index (χ3n) is 5.86. The van der Waals surface area contributed by atoms with Crippen LogP contribution in [0.25, 0.3) is 0 Å². The Kier molecular flexibility index (Phi) is 6.29. The fraction of sp³-hybridized carbons (Fsp3) is 0.714. The number of rotatable bonds is 7. The molecule has 2 aliphatic rings. The van der Waals surface area contributed by atoms with Gasteiger partial charge in [-0.25, -0.2) is 0 Å². The van der Waals surface area contributed by atoms with Gasteiger partial charge in [-0.05, 0) is 40.0 Å². The SMILES string of the molecule is CCCCN1C(=O)c2cc(C(=O)NC(C)C)nn2CC1(C)C(=O)NC1CCCC1. The minimum absolute atomic E-state index is 0.0274. The molecule has 160 valence electrons. The van der Waals surface area contributed by atoms with Crippen molar-refractivity contribution in [2.75, 3.05) is 6.54 Å². The lowest BCUT2D eigenvalue weighted by Gasteiger charge is -2.43. The Morgan fingerprint density at radius 3 is 2.62 bits per heavy atom. The van der Waals surface area contributed by atoms with Crippen molar-refractivity contribution in [1.82, 2.24) is 25.3 Å². The summed E-state index contributed by atoms with van der Waals surface area (Å²) in [7, 11) is 0. The maximum atomic E-state index is 13.3. The number of hydrogen-bond donors (Lipinski definition) is 2. The zero-order valence-corrected chi connectivity index (χ0v) is 18.0. The standard InChI is InChI=1S/C21H33N5O3/c1-5-6-11-25-19(28)17-12-16(18(27)22-14(2)3)24-26(17)13-21(25,4)20(29)23-15-9-7-8-10-15/h12,14-15H,5-11,13H2,1-4H3,(H,22,27)(H,23,29). The van der Waals surface area contributed by atoms with E-state index in [1.54, 1.807) is 4.90 Å². The quantitative estimate of drug-likeness (QED) is 0.729. The van der Waals surface area contributed by atoms with Gasteiger partial charge >= 0.3 is 0 Å². The summed E-state index contributed by atoms with van der Waals surface area (Å²) in [5.74, 6) is -0.694. The fourth-order valence-corrected chi connectivity index (χ4v) is 4.17. The molecule has 1 atom stereocenters. The Bertz CT molecular complexity index is 781. The monoisotopic (exact) mass is 403 g/mol. The summed E-state index contributed by atoms with van der Waals surface area (Å²) in [6.45, 7) is 8.35. The first-order chi connectivity index (χ1) is 13.8. The van der Waals surface area contributed by atoms with Crippen LogP contribution in [0, 0.1) is 0 Å². The molecule has 0 saturated heterocycles. The van der Waals surface area contributed by atoms with Gasteiger partial charge in [0.05, 0.1) is 6.54 Å². The molecule has 3 rings (SSSR count). The van der Waals surface area contributed by atoms with Gasteiger partial charge in [0.2, 0.25) is 5.91 Å². The first kappa shape index (κ1) is 21.3. The Labute approximate surface area is 172 Å². The molecule has 0 bridgehead atoms. The van der Waals surface area contributed by atoms with Gasteiger partial charge in [0.15, 0.2) is 5.69 Å². The summed E-state index contributed by atoms with van der Waals surface area (Å²) < 4.78 is 1.52. The zero-order valence-electron chi connectivity index (χ0n) is 18.0. The first-order valence-electron chi connectivity index (χ1n) is 10.8. The maximum absolute atomic E-state index is 13.3. The van der Waals surface area contributed by atoms with Gasteiger partial charge in [-0.3, -0.25) is 19.1 Å². The number of fused-ring (bicyclic) bond motifs is 1. The normalized spacial score (nSPS) is 22.1. The lowest BCUT2D eigenvalue weighted by Crippen LogP contribution is -2.65. The summed E-state index contributed by atoms with van der Waals surface area (Å²) in [5, 5.41) is 10.3.